The number of amides is 1. The van der Waals surface area contributed by atoms with Crippen molar-refractivity contribution in [2.75, 3.05) is 6.61 Å². The molecule has 1 heterocycles. The molecule has 1 atom stereocenters. The fraction of sp³-hybridized carbons (Fsp3) is 0.381. The van der Waals surface area contributed by atoms with Gasteiger partial charge < -0.3 is 14.8 Å². The maximum atomic E-state index is 12.5. The molecule has 4 heteroatoms. The summed E-state index contributed by atoms with van der Waals surface area (Å²) in [5, 5.41) is 3.03. The summed E-state index contributed by atoms with van der Waals surface area (Å²) in [6.07, 6.45) is 0.933. The number of ether oxygens (including phenoxy) is 2. The summed E-state index contributed by atoms with van der Waals surface area (Å²) in [6.45, 7) is 5.59. The van der Waals surface area contributed by atoms with Crippen molar-refractivity contribution in [2.45, 2.75) is 39.5 Å². The molecular formula is C21H25NO3. The topological polar surface area (TPSA) is 47.6 Å². The van der Waals surface area contributed by atoms with E-state index >= 15 is 0 Å². The number of para-hydroxylation sites is 1. The van der Waals surface area contributed by atoms with Crippen molar-refractivity contribution in [2.24, 2.45) is 5.92 Å². The summed E-state index contributed by atoms with van der Waals surface area (Å²) < 4.78 is 11.3. The Morgan fingerprint density at radius 1 is 1.20 bits per heavy atom. The van der Waals surface area contributed by atoms with Crippen LogP contribution in [0.25, 0.3) is 0 Å². The first-order chi connectivity index (χ1) is 12.1. The van der Waals surface area contributed by atoms with Gasteiger partial charge in [-0.25, -0.2) is 0 Å². The van der Waals surface area contributed by atoms with E-state index in [1.165, 1.54) is 0 Å². The van der Waals surface area contributed by atoms with Crippen molar-refractivity contribution in [3.63, 3.8) is 0 Å². The third-order valence-corrected chi connectivity index (χ3v) is 4.29. The summed E-state index contributed by atoms with van der Waals surface area (Å²) in [4.78, 5) is 12.5. The lowest BCUT2D eigenvalue weighted by Crippen LogP contribution is -2.37. The van der Waals surface area contributed by atoms with Gasteiger partial charge in [-0.05, 0) is 43.0 Å². The van der Waals surface area contributed by atoms with E-state index in [2.05, 4.69) is 11.4 Å². The molecule has 0 unspecified atom stereocenters. The van der Waals surface area contributed by atoms with Gasteiger partial charge in [0.25, 0.3) is 0 Å². The molecule has 4 nitrogen and oxygen atoms in total. The summed E-state index contributed by atoms with van der Waals surface area (Å²) in [6, 6.07) is 16.0. The van der Waals surface area contributed by atoms with E-state index in [9.17, 15) is 4.79 Å². The van der Waals surface area contributed by atoms with Gasteiger partial charge in [-0.15, -0.1) is 0 Å². The molecule has 0 fully saturated rings. The molecule has 0 saturated heterocycles. The number of hydrogen-bond donors (Lipinski definition) is 1. The zero-order chi connectivity index (χ0) is 17.6. The Morgan fingerprint density at radius 2 is 2.00 bits per heavy atom. The highest BCUT2D eigenvalue weighted by molar-refractivity contribution is 5.79. The van der Waals surface area contributed by atoms with Crippen molar-refractivity contribution in [1.29, 1.82) is 0 Å². The van der Waals surface area contributed by atoms with E-state index < -0.39 is 0 Å². The molecule has 1 aliphatic rings. The van der Waals surface area contributed by atoms with Crippen LogP contribution in [0.2, 0.25) is 0 Å². The number of carbonyl (C=O) groups excluding carboxylic acids is 1. The maximum Gasteiger partial charge on any atom is 0.227 e. The van der Waals surface area contributed by atoms with Crippen LogP contribution in [0.1, 0.15) is 30.5 Å². The van der Waals surface area contributed by atoms with Crippen LogP contribution in [-0.2, 0) is 29.1 Å². The molecule has 132 valence electrons. The highest BCUT2D eigenvalue weighted by Gasteiger charge is 2.25. The zero-order valence-corrected chi connectivity index (χ0v) is 14.8. The Kier molecular flexibility index (Phi) is 5.71. The van der Waals surface area contributed by atoms with Gasteiger partial charge in [0.1, 0.15) is 12.4 Å². The fourth-order valence-electron chi connectivity index (χ4n) is 2.92. The van der Waals surface area contributed by atoms with E-state index in [0.717, 1.165) is 28.9 Å². The van der Waals surface area contributed by atoms with Crippen LogP contribution in [0.5, 0.6) is 5.75 Å². The van der Waals surface area contributed by atoms with Gasteiger partial charge in [0.15, 0.2) is 0 Å². The van der Waals surface area contributed by atoms with Crippen LogP contribution in [0.4, 0.5) is 0 Å². The summed E-state index contributed by atoms with van der Waals surface area (Å²) in [5.41, 5.74) is 3.30. The first kappa shape index (κ1) is 17.5. The highest BCUT2D eigenvalue weighted by Crippen LogP contribution is 2.26. The summed E-state index contributed by atoms with van der Waals surface area (Å²) >= 11 is 0. The van der Waals surface area contributed by atoms with Crippen LogP contribution in [0, 0.1) is 5.92 Å². The van der Waals surface area contributed by atoms with Crippen molar-refractivity contribution < 1.29 is 14.3 Å². The first-order valence-corrected chi connectivity index (χ1v) is 8.79. The predicted octanol–water partition coefficient (Wildman–Crippen LogP) is 3.48. The van der Waals surface area contributed by atoms with Gasteiger partial charge >= 0.3 is 0 Å². The lowest BCUT2D eigenvalue weighted by molar-refractivity contribution is -0.126. The number of carbonyl (C=O) groups is 1. The third kappa shape index (κ3) is 4.83. The van der Waals surface area contributed by atoms with Crippen LogP contribution >= 0.6 is 0 Å². The van der Waals surface area contributed by atoms with Gasteiger partial charge in [0.05, 0.1) is 18.6 Å². The Bertz CT molecular complexity index is 727. The predicted molar refractivity (Wildman–Crippen MR) is 97.3 cm³/mol. The molecular weight excluding hydrogens is 314 g/mol. The molecule has 2 aromatic rings. The first-order valence-electron chi connectivity index (χ1n) is 8.79. The Morgan fingerprint density at radius 3 is 2.84 bits per heavy atom. The minimum absolute atomic E-state index is 0.0401. The third-order valence-electron chi connectivity index (χ3n) is 4.29. The molecule has 0 radical (unpaired) electrons. The Balaban J connectivity index is 1.53. The number of benzene rings is 2. The second-order valence-corrected chi connectivity index (χ2v) is 6.72. The molecule has 0 aliphatic carbocycles. The number of rotatable bonds is 6. The lowest BCUT2D eigenvalue weighted by atomic mass is 9.96. The van der Waals surface area contributed by atoms with Crippen molar-refractivity contribution >= 4 is 5.91 Å². The van der Waals surface area contributed by atoms with E-state index in [1.54, 1.807) is 0 Å². The lowest BCUT2D eigenvalue weighted by Gasteiger charge is -2.24. The fourth-order valence-corrected chi connectivity index (χ4v) is 2.92. The molecule has 0 saturated carbocycles. The second-order valence-electron chi connectivity index (χ2n) is 6.72. The summed E-state index contributed by atoms with van der Waals surface area (Å²) in [5.74, 6) is 0.796. The molecule has 25 heavy (non-hydrogen) atoms. The Hall–Kier alpha value is -2.33. The monoisotopic (exact) mass is 339 g/mol. The highest BCUT2D eigenvalue weighted by atomic mass is 16.5. The second kappa shape index (κ2) is 8.17. The quantitative estimate of drug-likeness (QED) is 0.876. The molecule has 2 aromatic carbocycles. The normalized spacial score (nSPS) is 16.2. The van der Waals surface area contributed by atoms with Crippen LogP contribution in [-0.4, -0.2) is 18.6 Å². The van der Waals surface area contributed by atoms with Crippen molar-refractivity contribution in [3.8, 4) is 5.75 Å². The van der Waals surface area contributed by atoms with Gasteiger partial charge in [-0.1, -0.05) is 42.5 Å². The average Bonchev–Trinajstić information content (AvgIpc) is 2.64. The number of nitrogens with one attached hydrogen (secondary N) is 1. The van der Waals surface area contributed by atoms with Gasteiger partial charge in [-0.3, -0.25) is 4.79 Å². The molecule has 1 N–H and O–H groups in total. The minimum atomic E-state index is -0.137. The smallest absolute Gasteiger partial charge is 0.227 e. The van der Waals surface area contributed by atoms with E-state index in [4.69, 9.17) is 9.47 Å². The molecule has 0 spiro atoms. The standard InChI is InChI=1S/C21H25NO3/c1-15(2)24-13-17-7-5-6-16(10-17)12-22-21(23)19-11-18-8-3-4-9-20(18)25-14-19/h3-10,15,19H,11-14H2,1-2H3,(H,22,23)/t19-/m1/s1. The average molecular weight is 339 g/mol. The Labute approximate surface area is 149 Å². The van der Waals surface area contributed by atoms with Gasteiger partial charge in [0, 0.05) is 6.54 Å². The van der Waals surface area contributed by atoms with Gasteiger partial charge in [0.2, 0.25) is 5.91 Å². The molecule has 0 bridgehead atoms. The maximum absolute atomic E-state index is 12.5. The van der Waals surface area contributed by atoms with Gasteiger partial charge in [-0.2, -0.15) is 0 Å². The van der Waals surface area contributed by atoms with Crippen molar-refractivity contribution in [3.05, 3.63) is 65.2 Å². The van der Waals surface area contributed by atoms with Crippen LogP contribution in [0.3, 0.4) is 0 Å². The van der Waals surface area contributed by atoms with E-state index in [-0.39, 0.29) is 17.9 Å². The number of fused-ring (bicyclic) bond motifs is 1. The van der Waals surface area contributed by atoms with E-state index in [1.807, 2.05) is 56.3 Å². The molecule has 0 aromatic heterocycles. The minimum Gasteiger partial charge on any atom is -0.492 e. The summed E-state index contributed by atoms with van der Waals surface area (Å²) in [7, 11) is 0. The van der Waals surface area contributed by atoms with Crippen molar-refractivity contribution in [1.82, 2.24) is 5.32 Å². The van der Waals surface area contributed by atoms with E-state index in [0.29, 0.717) is 19.8 Å². The SMILES string of the molecule is CC(C)OCc1cccc(CNC(=O)[C@H]2COc3ccccc3C2)c1. The largest absolute Gasteiger partial charge is 0.492 e. The van der Waals surface area contributed by atoms with Crippen LogP contribution in [0.15, 0.2) is 48.5 Å². The molecule has 3 rings (SSSR count). The number of hydrogen-bond acceptors (Lipinski definition) is 3. The molecule has 1 amide bonds. The zero-order valence-electron chi connectivity index (χ0n) is 14.8. The molecule has 1 aliphatic heterocycles. The van der Waals surface area contributed by atoms with Crippen LogP contribution < -0.4 is 10.1 Å².